The number of halogens is 1. The molecule has 2 aliphatic heterocycles. The van der Waals surface area contributed by atoms with Crippen LogP contribution < -0.4 is 10.5 Å². The van der Waals surface area contributed by atoms with Crippen molar-refractivity contribution in [2.75, 3.05) is 12.8 Å². The molecule has 5 heterocycles. The van der Waals surface area contributed by atoms with E-state index in [1.807, 2.05) is 35.2 Å². The van der Waals surface area contributed by atoms with Gasteiger partial charge in [-0.05, 0) is 72.8 Å². The number of amides is 1. The molecule has 2 saturated heterocycles. The maximum atomic E-state index is 12.6. The average molecular weight is 608 g/mol. The number of methoxy groups -OCH3 is 1. The Morgan fingerprint density at radius 3 is 2.52 bits per heavy atom. The van der Waals surface area contributed by atoms with Gasteiger partial charge in [-0.15, -0.1) is 0 Å². The number of fused-ring (bicyclic) bond motifs is 3. The maximum absolute atomic E-state index is 12.6. The van der Waals surface area contributed by atoms with Crippen LogP contribution in [0.2, 0.25) is 0 Å². The molecule has 2 bridgehead atoms. The van der Waals surface area contributed by atoms with E-state index >= 15 is 0 Å². The minimum atomic E-state index is -0.993. The Morgan fingerprint density at radius 2 is 1.90 bits per heavy atom. The van der Waals surface area contributed by atoms with Crippen molar-refractivity contribution in [1.29, 1.82) is 0 Å². The summed E-state index contributed by atoms with van der Waals surface area (Å²) in [5.74, 6) is 1.04. The Labute approximate surface area is 239 Å². The van der Waals surface area contributed by atoms with Crippen LogP contribution in [0.3, 0.4) is 0 Å². The number of carbonyl (C=O) groups excluding carboxylic acids is 1. The van der Waals surface area contributed by atoms with Crippen LogP contribution in [-0.4, -0.2) is 65.9 Å². The zero-order valence-electron chi connectivity index (χ0n) is 22.3. The first kappa shape index (κ1) is 26.7. The zero-order valence-corrected chi connectivity index (χ0v) is 23.9. The summed E-state index contributed by atoms with van der Waals surface area (Å²) in [6.07, 6.45) is 5.94. The number of pyridine rings is 1. The van der Waals surface area contributed by atoms with Crippen molar-refractivity contribution in [1.82, 2.24) is 24.5 Å². The van der Waals surface area contributed by atoms with Crippen LogP contribution in [0.1, 0.15) is 49.8 Å². The predicted molar refractivity (Wildman–Crippen MR) is 154 cm³/mol. The fourth-order valence-electron chi connectivity index (χ4n) is 6.25. The second kappa shape index (κ2) is 10.5. The molecule has 11 heteroatoms. The lowest BCUT2D eigenvalue weighted by Crippen LogP contribution is -2.49. The SMILES string of the molecule is COc1ccc(-c2ccc(-c3cnn4c(N)c(Br)c([C@@H]5C[C@H]6CC[C@@H](C5)N6C(=O)[C@@H](C)O)nc34)cn2)cc1CO. The summed E-state index contributed by atoms with van der Waals surface area (Å²) >= 11 is 3.68. The second-order valence-electron chi connectivity index (χ2n) is 10.6. The largest absolute Gasteiger partial charge is 0.496 e. The Kier molecular flexibility index (Phi) is 6.97. The van der Waals surface area contributed by atoms with Gasteiger partial charge in [-0.1, -0.05) is 6.07 Å². The van der Waals surface area contributed by atoms with E-state index in [0.717, 1.165) is 58.2 Å². The van der Waals surface area contributed by atoms with Crippen molar-refractivity contribution >= 4 is 33.3 Å². The van der Waals surface area contributed by atoms with Crippen molar-refractivity contribution < 1.29 is 19.7 Å². The number of nitrogens with zero attached hydrogens (tertiary/aromatic N) is 5. The van der Waals surface area contributed by atoms with Crippen LogP contribution in [0.4, 0.5) is 5.82 Å². The quantitative estimate of drug-likeness (QED) is 0.300. The lowest BCUT2D eigenvalue weighted by atomic mass is 9.87. The minimum Gasteiger partial charge on any atom is -0.496 e. The van der Waals surface area contributed by atoms with E-state index in [2.05, 4.69) is 26.0 Å². The van der Waals surface area contributed by atoms with E-state index < -0.39 is 6.10 Å². The van der Waals surface area contributed by atoms with Gasteiger partial charge in [0.1, 0.15) is 17.7 Å². The molecule has 208 valence electrons. The Hall–Kier alpha value is -3.54. The van der Waals surface area contributed by atoms with Crippen molar-refractivity contribution in [2.24, 2.45) is 0 Å². The third kappa shape index (κ3) is 4.42. The van der Waals surface area contributed by atoms with Gasteiger partial charge in [-0.2, -0.15) is 9.61 Å². The highest BCUT2D eigenvalue weighted by molar-refractivity contribution is 9.10. The van der Waals surface area contributed by atoms with E-state index in [-0.39, 0.29) is 30.5 Å². The molecule has 2 fully saturated rings. The molecule has 6 rings (SSSR count). The van der Waals surface area contributed by atoms with Crippen molar-refractivity contribution in [2.45, 2.75) is 63.3 Å². The molecule has 4 N–H and O–H groups in total. The van der Waals surface area contributed by atoms with Crippen LogP contribution in [0.5, 0.6) is 5.75 Å². The maximum Gasteiger partial charge on any atom is 0.251 e. The molecule has 0 saturated carbocycles. The number of piperidine rings is 1. The van der Waals surface area contributed by atoms with E-state index in [1.54, 1.807) is 24.0 Å². The van der Waals surface area contributed by atoms with Gasteiger partial charge in [0.25, 0.3) is 5.91 Å². The zero-order chi connectivity index (χ0) is 28.1. The molecule has 0 unspecified atom stereocenters. The normalized spacial score (nSPS) is 21.1. The monoisotopic (exact) mass is 606 g/mol. The number of rotatable bonds is 6. The number of nitrogens with two attached hydrogens (primary N) is 1. The summed E-state index contributed by atoms with van der Waals surface area (Å²) < 4.78 is 7.67. The summed E-state index contributed by atoms with van der Waals surface area (Å²) in [6.45, 7) is 1.41. The topological polar surface area (TPSA) is 139 Å². The number of aliphatic hydroxyl groups excluding tert-OH is 2. The predicted octanol–water partition coefficient (Wildman–Crippen LogP) is 3.92. The van der Waals surface area contributed by atoms with E-state index in [9.17, 15) is 15.0 Å². The first-order valence-electron chi connectivity index (χ1n) is 13.4. The molecule has 40 heavy (non-hydrogen) atoms. The Bertz CT molecular complexity index is 1570. The number of carbonyl (C=O) groups is 1. The lowest BCUT2D eigenvalue weighted by Gasteiger charge is -2.39. The van der Waals surface area contributed by atoms with Crippen LogP contribution >= 0.6 is 15.9 Å². The van der Waals surface area contributed by atoms with Gasteiger partial charge in [0.15, 0.2) is 5.65 Å². The number of ether oxygens (including phenoxy) is 1. The van der Waals surface area contributed by atoms with Gasteiger partial charge >= 0.3 is 0 Å². The number of hydrogen-bond donors (Lipinski definition) is 3. The van der Waals surface area contributed by atoms with E-state index in [4.69, 9.17) is 15.5 Å². The van der Waals surface area contributed by atoms with Crippen LogP contribution in [0.15, 0.2) is 47.2 Å². The standard InChI is InChI=1S/C29H31BrN6O4/c1-15(38)29(39)35-20-5-6-21(35)11-18(10-20)26-25(30)27(31)36-28(34-26)22(13-33-36)17-3-7-23(32-12-17)16-4-8-24(40-2)19(9-16)14-37/h3-4,7-9,12-13,15,18,20-21,37-38H,5-6,10-11,14,31H2,1-2H3/t15-,18-,20-,21+/m1/s1. The van der Waals surface area contributed by atoms with Gasteiger partial charge < -0.3 is 25.6 Å². The van der Waals surface area contributed by atoms with Crippen molar-refractivity contribution in [3.8, 4) is 28.1 Å². The van der Waals surface area contributed by atoms with Crippen LogP contribution in [-0.2, 0) is 11.4 Å². The smallest absolute Gasteiger partial charge is 0.251 e. The first-order valence-corrected chi connectivity index (χ1v) is 14.2. The molecule has 0 aliphatic carbocycles. The second-order valence-corrected chi connectivity index (χ2v) is 11.4. The lowest BCUT2D eigenvalue weighted by molar-refractivity contribution is -0.144. The Morgan fingerprint density at radius 1 is 1.18 bits per heavy atom. The molecular formula is C29H31BrN6O4. The fraction of sp³-hybridized carbons (Fsp3) is 0.379. The first-order chi connectivity index (χ1) is 19.3. The average Bonchev–Trinajstić information content (AvgIpc) is 3.51. The highest BCUT2D eigenvalue weighted by Gasteiger charge is 2.45. The molecule has 0 spiro atoms. The Balaban J connectivity index is 1.32. The number of aromatic nitrogens is 4. The van der Waals surface area contributed by atoms with Crippen LogP contribution in [0.25, 0.3) is 28.0 Å². The van der Waals surface area contributed by atoms with Gasteiger partial charge in [-0.3, -0.25) is 9.78 Å². The third-order valence-electron chi connectivity index (χ3n) is 8.20. The summed E-state index contributed by atoms with van der Waals surface area (Å²) in [7, 11) is 1.58. The highest BCUT2D eigenvalue weighted by Crippen LogP contribution is 2.45. The molecule has 1 aromatic carbocycles. The molecule has 4 aromatic rings. The molecule has 4 atom stereocenters. The summed E-state index contributed by atoms with van der Waals surface area (Å²) in [5.41, 5.74) is 12.1. The molecule has 2 aliphatic rings. The highest BCUT2D eigenvalue weighted by atomic mass is 79.9. The summed E-state index contributed by atoms with van der Waals surface area (Å²) in [5, 5.41) is 24.1. The number of aliphatic hydroxyl groups is 2. The van der Waals surface area contributed by atoms with Gasteiger partial charge in [0, 0.05) is 46.5 Å². The summed E-state index contributed by atoms with van der Waals surface area (Å²) in [4.78, 5) is 24.3. The molecule has 3 aromatic heterocycles. The van der Waals surface area contributed by atoms with E-state index in [0.29, 0.717) is 22.8 Å². The number of hydrogen-bond acceptors (Lipinski definition) is 8. The van der Waals surface area contributed by atoms with Crippen molar-refractivity contribution in [3.05, 3.63) is 58.5 Å². The summed E-state index contributed by atoms with van der Waals surface area (Å²) in [6, 6.07) is 9.68. The third-order valence-corrected chi connectivity index (χ3v) is 9.01. The van der Waals surface area contributed by atoms with E-state index in [1.165, 1.54) is 6.92 Å². The van der Waals surface area contributed by atoms with Crippen molar-refractivity contribution in [3.63, 3.8) is 0 Å². The molecule has 10 nitrogen and oxygen atoms in total. The van der Waals surface area contributed by atoms with Gasteiger partial charge in [-0.25, -0.2) is 4.98 Å². The minimum absolute atomic E-state index is 0.0856. The molecular weight excluding hydrogens is 576 g/mol. The number of benzene rings is 1. The fourth-order valence-corrected chi connectivity index (χ4v) is 6.83. The van der Waals surface area contributed by atoms with Gasteiger partial charge in [0.05, 0.1) is 35.8 Å². The molecule has 0 radical (unpaired) electrons. The number of nitrogen functional groups attached to an aromatic ring is 1. The number of anilines is 1. The van der Waals surface area contributed by atoms with Gasteiger partial charge in [0.2, 0.25) is 0 Å². The molecule has 1 amide bonds. The van der Waals surface area contributed by atoms with Crippen LogP contribution in [0, 0.1) is 0 Å².